The van der Waals surface area contributed by atoms with Crippen molar-refractivity contribution in [3.8, 4) is 0 Å². The Balaban J connectivity index is 1.44. The molecule has 2 aliphatic heterocycles. The fourth-order valence-electron chi connectivity index (χ4n) is 5.15. The minimum absolute atomic E-state index is 0.0841. The van der Waals surface area contributed by atoms with Crippen LogP contribution in [-0.2, 0) is 4.79 Å². The number of nitrogens with zero attached hydrogens (tertiary/aromatic N) is 2. The van der Waals surface area contributed by atoms with Crippen LogP contribution in [0.5, 0.6) is 0 Å². The van der Waals surface area contributed by atoms with Crippen molar-refractivity contribution in [2.75, 3.05) is 22.9 Å². The van der Waals surface area contributed by atoms with Crippen molar-refractivity contribution in [3.05, 3.63) is 106 Å². The van der Waals surface area contributed by atoms with Gasteiger partial charge in [-0.15, -0.1) is 0 Å². The third-order valence-corrected chi connectivity index (χ3v) is 7.19. The summed E-state index contributed by atoms with van der Waals surface area (Å²) < 4.78 is 20.8. The van der Waals surface area contributed by atoms with Crippen molar-refractivity contribution >= 4 is 45.6 Å². The lowest BCUT2D eigenvalue weighted by Gasteiger charge is -2.27. The van der Waals surface area contributed by atoms with Crippen LogP contribution in [0.15, 0.2) is 88.5 Å². The van der Waals surface area contributed by atoms with E-state index in [-0.39, 0.29) is 16.9 Å². The first-order valence-electron chi connectivity index (χ1n) is 12.0. The van der Waals surface area contributed by atoms with Gasteiger partial charge in [0, 0.05) is 40.4 Å². The molecule has 3 aromatic carbocycles. The Kier molecular flexibility index (Phi) is 5.72. The summed E-state index contributed by atoms with van der Waals surface area (Å²) in [6.07, 6.45) is 2.25. The molecule has 0 spiro atoms. The second-order valence-electron chi connectivity index (χ2n) is 9.19. The van der Waals surface area contributed by atoms with E-state index in [2.05, 4.69) is 4.90 Å². The summed E-state index contributed by atoms with van der Waals surface area (Å²) in [6, 6.07) is 18.4. The molecule has 37 heavy (non-hydrogen) atoms. The molecule has 6 rings (SSSR count). The van der Waals surface area contributed by atoms with Gasteiger partial charge in [0.15, 0.2) is 11.5 Å². The number of anilines is 2. The molecule has 1 saturated heterocycles. The smallest absolute Gasteiger partial charge is 0.294 e. The number of carbonyl (C=O) groups excluding carboxylic acids is 2. The van der Waals surface area contributed by atoms with E-state index in [9.17, 15) is 14.7 Å². The number of aliphatic hydroxyl groups excluding tert-OH is 1. The Bertz CT molecular complexity index is 1570. The number of ketones is 1. The molecule has 3 heterocycles. The number of aliphatic hydroxyl groups is 1. The lowest BCUT2D eigenvalue weighted by molar-refractivity contribution is -0.117. The van der Waals surface area contributed by atoms with Gasteiger partial charge in [0.05, 0.1) is 11.6 Å². The van der Waals surface area contributed by atoms with Gasteiger partial charge < -0.3 is 14.4 Å². The molecule has 1 N–H and O–H groups in total. The summed E-state index contributed by atoms with van der Waals surface area (Å²) in [5.41, 5.74) is 1.72. The van der Waals surface area contributed by atoms with Gasteiger partial charge in [-0.3, -0.25) is 14.5 Å². The molecular weight excluding hydrogens is 495 g/mol. The Hall–Kier alpha value is -4.10. The van der Waals surface area contributed by atoms with Gasteiger partial charge >= 0.3 is 0 Å². The largest absolute Gasteiger partial charge is 0.503 e. The number of rotatable bonds is 5. The first-order chi connectivity index (χ1) is 17.9. The molecule has 0 radical (unpaired) electrons. The number of carbonyl (C=O) groups is 2. The number of amides is 1. The van der Waals surface area contributed by atoms with Crippen molar-refractivity contribution in [1.82, 2.24) is 0 Å². The SMILES string of the molecule is O=C(C1=C(O)C(=O)N(c2ccc(N3CCCC3)cc2)C1c1ccccc1F)c1cc2cc(Cl)ccc2o1. The van der Waals surface area contributed by atoms with Crippen molar-refractivity contribution in [2.24, 2.45) is 0 Å². The number of benzene rings is 3. The second-order valence-corrected chi connectivity index (χ2v) is 9.63. The zero-order valence-corrected chi connectivity index (χ0v) is 20.4. The summed E-state index contributed by atoms with van der Waals surface area (Å²) in [4.78, 5) is 30.6. The maximum absolute atomic E-state index is 15.1. The van der Waals surface area contributed by atoms with Crippen LogP contribution in [0.3, 0.4) is 0 Å². The predicted molar refractivity (Wildman–Crippen MR) is 140 cm³/mol. The van der Waals surface area contributed by atoms with E-state index in [1.807, 2.05) is 12.1 Å². The van der Waals surface area contributed by atoms with Crippen LogP contribution < -0.4 is 9.80 Å². The molecule has 1 unspecified atom stereocenters. The number of Topliss-reactive ketones (excluding diaryl/α,β-unsaturated/α-hetero) is 1. The van der Waals surface area contributed by atoms with E-state index < -0.39 is 29.3 Å². The van der Waals surface area contributed by atoms with E-state index in [0.717, 1.165) is 31.6 Å². The lowest BCUT2D eigenvalue weighted by atomic mass is 9.94. The summed E-state index contributed by atoms with van der Waals surface area (Å²) >= 11 is 6.07. The number of halogens is 2. The fraction of sp³-hybridized carbons (Fsp3) is 0.172. The lowest BCUT2D eigenvalue weighted by Crippen LogP contribution is -2.31. The molecule has 1 atom stereocenters. The molecule has 0 saturated carbocycles. The van der Waals surface area contributed by atoms with Gasteiger partial charge in [-0.2, -0.15) is 0 Å². The Morgan fingerprint density at radius 3 is 2.41 bits per heavy atom. The summed E-state index contributed by atoms with van der Waals surface area (Å²) in [5.74, 6) is -2.91. The molecule has 6 nitrogen and oxygen atoms in total. The monoisotopic (exact) mass is 516 g/mol. The molecule has 0 bridgehead atoms. The average Bonchev–Trinajstić information content (AvgIpc) is 3.63. The van der Waals surface area contributed by atoms with Gasteiger partial charge in [0.1, 0.15) is 11.4 Å². The zero-order valence-electron chi connectivity index (χ0n) is 19.7. The standard InChI is InChI=1S/C29H22ClFN2O4/c30-18-7-12-23-17(15-18)16-24(37-23)27(34)25-26(21-5-1-2-6-22(21)31)33(29(36)28(25)35)20-10-8-19(9-11-20)32-13-3-4-14-32/h1-2,5-12,15-16,26,35H,3-4,13-14H2. The summed E-state index contributed by atoms with van der Waals surface area (Å²) in [6.45, 7) is 1.92. The van der Waals surface area contributed by atoms with Crippen LogP contribution in [0.2, 0.25) is 5.02 Å². The van der Waals surface area contributed by atoms with E-state index in [4.69, 9.17) is 16.0 Å². The van der Waals surface area contributed by atoms with E-state index in [1.165, 1.54) is 29.2 Å². The van der Waals surface area contributed by atoms with Crippen LogP contribution in [0, 0.1) is 5.82 Å². The second kappa shape index (κ2) is 9.09. The Morgan fingerprint density at radius 1 is 0.973 bits per heavy atom. The van der Waals surface area contributed by atoms with Crippen LogP contribution in [0.25, 0.3) is 11.0 Å². The van der Waals surface area contributed by atoms with Crippen LogP contribution in [-0.4, -0.2) is 29.9 Å². The average molecular weight is 517 g/mol. The zero-order chi connectivity index (χ0) is 25.7. The Morgan fingerprint density at radius 2 is 1.68 bits per heavy atom. The van der Waals surface area contributed by atoms with Gasteiger partial charge in [-0.25, -0.2) is 4.39 Å². The molecule has 1 amide bonds. The highest BCUT2D eigenvalue weighted by Gasteiger charge is 2.46. The van der Waals surface area contributed by atoms with E-state index in [0.29, 0.717) is 21.7 Å². The minimum Gasteiger partial charge on any atom is -0.503 e. The molecular formula is C29H22ClFN2O4. The maximum Gasteiger partial charge on any atom is 0.294 e. The van der Waals surface area contributed by atoms with Gasteiger partial charge in [0.25, 0.3) is 5.91 Å². The third kappa shape index (κ3) is 3.96. The van der Waals surface area contributed by atoms with Gasteiger partial charge in [0.2, 0.25) is 5.78 Å². The molecule has 1 fully saturated rings. The molecule has 186 valence electrons. The third-order valence-electron chi connectivity index (χ3n) is 6.95. The van der Waals surface area contributed by atoms with E-state index >= 15 is 4.39 Å². The van der Waals surface area contributed by atoms with Crippen LogP contribution in [0.1, 0.15) is 35.0 Å². The number of furan rings is 1. The van der Waals surface area contributed by atoms with Gasteiger partial charge in [-0.1, -0.05) is 29.8 Å². The number of hydrogen-bond acceptors (Lipinski definition) is 5. The minimum atomic E-state index is -1.18. The van der Waals surface area contributed by atoms with Crippen LogP contribution >= 0.6 is 11.6 Å². The van der Waals surface area contributed by atoms with Crippen LogP contribution in [0.4, 0.5) is 15.8 Å². The topological polar surface area (TPSA) is 74.0 Å². The van der Waals surface area contributed by atoms with Gasteiger partial charge in [-0.05, 0) is 67.4 Å². The molecule has 0 aliphatic carbocycles. The summed E-state index contributed by atoms with van der Waals surface area (Å²) in [7, 11) is 0. The molecule has 4 aromatic rings. The Labute approximate surface area is 217 Å². The summed E-state index contributed by atoms with van der Waals surface area (Å²) in [5, 5.41) is 12.0. The number of fused-ring (bicyclic) bond motifs is 1. The van der Waals surface area contributed by atoms with Crippen molar-refractivity contribution < 1.29 is 23.5 Å². The highest BCUT2D eigenvalue weighted by molar-refractivity contribution is 6.31. The first-order valence-corrected chi connectivity index (χ1v) is 12.4. The first kappa shape index (κ1) is 23.3. The fourth-order valence-corrected chi connectivity index (χ4v) is 5.33. The normalized spacial score (nSPS) is 17.9. The van der Waals surface area contributed by atoms with Crippen molar-refractivity contribution in [3.63, 3.8) is 0 Å². The predicted octanol–water partition coefficient (Wildman–Crippen LogP) is 6.61. The molecule has 8 heteroatoms. The maximum atomic E-state index is 15.1. The number of hydrogen-bond donors (Lipinski definition) is 1. The quantitative estimate of drug-likeness (QED) is 0.302. The highest BCUT2D eigenvalue weighted by Crippen LogP contribution is 2.43. The molecule has 1 aromatic heterocycles. The van der Waals surface area contributed by atoms with Crippen molar-refractivity contribution in [2.45, 2.75) is 18.9 Å². The molecule has 2 aliphatic rings. The highest BCUT2D eigenvalue weighted by atomic mass is 35.5. The van der Waals surface area contributed by atoms with E-state index in [1.54, 1.807) is 36.4 Å². The van der Waals surface area contributed by atoms with Crippen molar-refractivity contribution in [1.29, 1.82) is 0 Å².